The molecule has 2 aromatic heterocycles. The fraction of sp³-hybridized carbons (Fsp3) is 0.357. The van der Waals surface area contributed by atoms with Crippen LogP contribution in [0, 0.1) is 6.92 Å². The third-order valence-electron chi connectivity index (χ3n) is 6.24. The lowest BCUT2D eigenvalue weighted by atomic mass is 9.99. The van der Waals surface area contributed by atoms with Crippen LogP contribution in [-0.2, 0) is 12.7 Å². The molecule has 2 aromatic carbocycles. The molecule has 1 amide bonds. The molecule has 212 valence electrons. The number of hydrogen-bond donors (Lipinski definition) is 1. The van der Waals surface area contributed by atoms with Crippen molar-refractivity contribution in [1.29, 1.82) is 0 Å². The Morgan fingerprint density at radius 2 is 1.88 bits per heavy atom. The molecule has 1 atom stereocenters. The monoisotopic (exact) mass is 572 g/mol. The predicted molar refractivity (Wildman–Crippen MR) is 148 cm³/mol. The summed E-state index contributed by atoms with van der Waals surface area (Å²) in [4.78, 5) is 15.3. The Bertz CT molecular complexity index is 1480. The van der Waals surface area contributed by atoms with Gasteiger partial charge in [0, 0.05) is 36.0 Å². The molecule has 0 aliphatic heterocycles. The van der Waals surface area contributed by atoms with E-state index in [9.17, 15) is 18.0 Å². The van der Waals surface area contributed by atoms with Gasteiger partial charge in [0.2, 0.25) is 5.01 Å². The molecule has 0 bridgehead atoms. The van der Waals surface area contributed by atoms with E-state index < -0.39 is 17.2 Å². The fourth-order valence-electron chi connectivity index (χ4n) is 3.96. The van der Waals surface area contributed by atoms with E-state index in [0.29, 0.717) is 58.2 Å². The Morgan fingerprint density at radius 1 is 1.12 bits per heavy atom. The van der Waals surface area contributed by atoms with Gasteiger partial charge >= 0.3 is 6.18 Å². The van der Waals surface area contributed by atoms with E-state index >= 15 is 0 Å². The van der Waals surface area contributed by atoms with E-state index in [1.807, 2.05) is 70.2 Å². The molecule has 0 fully saturated rings. The van der Waals surface area contributed by atoms with Gasteiger partial charge in [0.25, 0.3) is 5.91 Å². The number of aryl methyl sites for hydroxylation is 2. The number of carbonyl (C=O) groups is 1. The second kappa shape index (κ2) is 12.2. The number of nitrogens with one attached hydrogen (secondary N) is 1. The summed E-state index contributed by atoms with van der Waals surface area (Å²) < 4.78 is 47.2. The molecule has 1 N–H and O–H groups in total. The van der Waals surface area contributed by atoms with Crippen LogP contribution in [0.5, 0.6) is 5.75 Å². The zero-order valence-electron chi connectivity index (χ0n) is 22.9. The SMILES string of the molecule is CCn1ccc(-c2cc(-c3nnc(C(F)(F)F)s3)cc([C@@H](C)NC(=O)c3cc(OCCN(C)C)ccc3C)c2)n1. The molecular weight excluding hydrogens is 541 g/mol. The maximum Gasteiger partial charge on any atom is 0.445 e. The van der Waals surface area contributed by atoms with Crippen molar-refractivity contribution in [2.75, 3.05) is 27.2 Å². The van der Waals surface area contributed by atoms with E-state index in [2.05, 4.69) is 20.6 Å². The highest BCUT2D eigenvalue weighted by molar-refractivity contribution is 7.14. The molecule has 2 heterocycles. The van der Waals surface area contributed by atoms with Crippen LogP contribution in [-0.4, -0.2) is 58.0 Å². The molecular formula is C28H31F3N6O2S. The van der Waals surface area contributed by atoms with Crippen molar-refractivity contribution in [3.8, 4) is 27.6 Å². The molecule has 12 heteroatoms. The van der Waals surface area contributed by atoms with Crippen LogP contribution in [0.15, 0.2) is 48.7 Å². The van der Waals surface area contributed by atoms with Gasteiger partial charge in [-0.2, -0.15) is 18.3 Å². The van der Waals surface area contributed by atoms with E-state index in [1.54, 1.807) is 22.9 Å². The lowest BCUT2D eigenvalue weighted by Gasteiger charge is -2.18. The van der Waals surface area contributed by atoms with Crippen molar-refractivity contribution in [3.63, 3.8) is 0 Å². The second-order valence-electron chi connectivity index (χ2n) is 9.63. The van der Waals surface area contributed by atoms with E-state index in [-0.39, 0.29) is 10.9 Å². The summed E-state index contributed by atoms with van der Waals surface area (Å²) >= 11 is 0.472. The maximum absolute atomic E-state index is 13.3. The minimum Gasteiger partial charge on any atom is -0.492 e. The first-order chi connectivity index (χ1) is 18.9. The summed E-state index contributed by atoms with van der Waals surface area (Å²) in [5.41, 5.74) is 3.76. The Kier molecular flexibility index (Phi) is 8.89. The van der Waals surface area contributed by atoms with Crippen molar-refractivity contribution >= 4 is 17.2 Å². The highest BCUT2D eigenvalue weighted by atomic mass is 32.1. The van der Waals surface area contributed by atoms with Gasteiger partial charge < -0.3 is 15.0 Å². The largest absolute Gasteiger partial charge is 0.492 e. The van der Waals surface area contributed by atoms with Crippen LogP contribution in [0.3, 0.4) is 0 Å². The number of benzene rings is 2. The quantitative estimate of drug-likeness (QED) is 0.257. The average Bonchev–Trinajstić information content (AvgIpc) is 3.59. The zero-order valence-corrected chi connectivity index (χ0v) is 23.7. The van der Waals surface area contributed by atoms with Crippen LogP contribution < -0.4 is 10.1 Å². The summed E-state index contributed by atoms with van der Waals surface area (Å²) in [7, 11) is 3.91. The second-order valence-corrected chi connectivity index (χ2v) is 10.6. The van der Waals surface area contributed by atoms with Crippen molar-refractivity contribution in [3.05, 3.63) is 70.4 Å². The van der Waals surface area contributed by atoms with Gasteiger partial charge in [-0.05, 0) is 82.4 Å². The van der Waals surface area contributed by atoms with Gasteiger partial charge in [0.1, 0.15) is 17.4 Å². The minimum atomic E-state index is -4.58. The Hall–Kier alpha value is -3.77. The average molecular weight is 573 g/mol. The molecule has 8 nitrogen and oxygen atoms in total. The van der Waals surface area contributed by atoms with Gasteiger partial charge in [-0.3, -0.25) is 9.48 Å². The zero-order chi connectivity index (χ0) is 29.0. The smallest absolute Gasteiger partial charge is 0.445 e. The molecule has 0 saturated carbocycles. The number of ether oxygens (including phenoxy) is 1. The van der Waals surface area contributed by atoms with Crippen LogP contribution in [0.1, 0.15) is 46.4 Å². The minimum absolute atomic E-state index is 0.127. The summed E-state index contributed by atoms with van der Waals surface area (Å²) in [6.45, 7) is 7.51. The van der Waals surface area contributed by atoms with Crippen LogP contribution >= 0.6 is 11.3 Å². The summed E-state index contributed by atoms with van der Waals surface area (Å²) in [6.07, 6.45) is -2.75. The summed E-state index contributed by atoms with van der Waals surface area (Å²) in [6, 6.07) is 12.1. The number of halogens is 3. The standard InChI is InChI=1S/C28H31F3N6O2S/c1-6-37-10-9-24(35-37)20-13-19(14-21(15-20)26-33-34-27(40-26)28(29,30)31)18(3)32-25(38)23-16-22(8-7-17(23)2)39-12-11-36(4)5/h7-10,13-16,18H,6,11-12H2,1-5H3,(H,32,38)/t18-/m1/s1. The number of hydrogen-bond acceptors (Lipinski definition) is 7. The van der Waals surface area contributed by atoms with Gasteiger partial charge in [-0.1, -0.05) is 17.4 Å². The lowest BCUT2D eigenvalue weighted by Crippen LogP contribution is -2.27. The van der Waals surface area contributed by atoms with E-state index in [1.165, 1.54) is 0 Å². The molecule has 0 spiro atoms. The molecule has 0 aliphatic rings. The van der Waals surface area contributed by atoms with Gasteiger partial charge in [0.05, 0.1) is 11.7 Å². The maximum atomic E-state index is 13.3. The van der Waals surface area contributed by atoms with Crippen molar-refractivity contribution in [2.24, 2.45) is 0 Å². The number of nitrogens with zero attached hydrogens (tertiary/aromatic N) is 5. The lowest BCUT2D eigenvalue weighted by molar-refractivity contribution is -0.138. The number of aromatic nitrogens is 4. The Balaban J connectivity index is 1.64. The Morgan fingerprint density at radius 3 is 2.52 bits per heavy atom. The van der Waals surface area contributed by atoms with Gasteiger partial charge in [-0.25, -0.2) is 0 Å². The molecule has 0 unspecified atom stereocenters. The number of carbonyl (C=O) groups excluding carboxylic acids is 1. The first kappa shape index (κ1) is 29.2. The van der Waals surface area contributed by atoms with Crippen LogP contribution in [0.4, 0.5) is 13.2 Å². The van der Waals surface area contributed by atoms with Crippen LogP contribution in [0.2, 0.25) is 0 Å². The highest BCUT2D eigenvalue weighted by Crippen LogP contribution is 2.37. The predicted octanol–water partition coefficient (Wildman–Crippen LogP) is 5.85. The van der Waals surface area contributed by atoms with Crippen LogP contribution in [0.25, 0.3) is 21.8 Å². The number of rotatable bonds is 10. The van der Waals surface area contributed by atoms with Gasteiger partial charge in [-0.15, -0.1) is 10.2 Å². The van der Waals surface area contributed by atoms with Crippen molar-refractivity contribution in [1.82, 2.24) is 30.2 Å². The third kappa shape index (κ3) is 7.05. The topological polar surface area (TPSA) is 85.2 Å². The summed E-state index contributed by atoms with van der Waals surface area (Å²) in [5, 5.41) is 13.8. The normalized spacial score (nSPS) is 12.5. The van der Waals surface area contributed by atoms with Gasteiger partial charge in [0.15, 0.2) is 0 Å². The molecule has 4 rings (SSSR count). The van der Waals surface area contributed by atoms with Crippen molar-refractivity contribution < 1.29 is 22.7 Å². The van der Waals surface area contributed by atoms with E-state index in [4.69, 9.17) is 4.74 Å². The number of likely N-dealkylation sites (N-methyl/N-ethyl adjacent to an activating group) is 1. The van der Waals surface area contributed by atoms with E-state index in [0.717, 1.165) is 12.1 Å². The summed E-state index contributed by atoms with van der Waals surface area (Å²) in [5.74, 6) is 0.304. The Labute approximate surface area is 234 Å². The molecule has 4 aromatic rings. The fourth-order valence-corrected chi connectivity index (χ4v) is 4.66. The third-order valence-corrected chi connectivity index (χ3v) is 7.26. The first-order valence-electron chi connectivity index (χ1n) is 12.7. The van der Waals surface area contributed by atoms with Crippen molar-refractivity contribution in [2.45, 2.75) is 39.5 Å². The molecule has 0 saturated heterocycles. The first-order valence-corrected chi connectivity index (χ1v) is 13.5. The number of alkyl halides is 3. The highest BCUT2D eigenvalue weighted by Gasteiger charge is 2.35. The molecule has 40 heavy (non-hydrogen) atoms. The molecule has 0 aliphatic carbocycles. The number of amides is 1. The molecule has 0 radical (unpaired) electrons.